The first kappa shape index (κ1) is 23.2. The molecular formula is C28H28N2O4. The van der Waals surface area contributed by atoms with Gasteiger partial charge in [0.05, 0.1) is 17.6 Å². The smallest absolute Gasteiger partial charge is 0.310 e. The fourth-order valence-corrected chi connectivity index (χ4v) is 3.93. The third kappa shape index (κ3) is 5.17. The van der Waals surface area contributed by atoms with Gasteiger partial charge in [0.25, 0.3) is 0 Å². The second kappa shape index (κ2) is 9.14. The van der Waals surface area contributed by atoms with Crippen LogP contribution >= 0.6 is 0 Å². The van der Waals surface area contributed by atoms with Crippen LogP contribution in [-0.4, -0.2) is 29.6 Å². The van der Waals surface area contributed by atoms with Crippen LogP contribution in [0, 0.1) is 0 Å². The number of hydrogen-bond donors (Lipinski definition) is 1. The number of hydrogen-bond acceptors (Lipinski definition) is 6. The Labute approximate surface area is 198 Å². The quantitative estimate of drug-likeness (QED) is 0.229. The van der Waals surface area contributed by atoms with E-state index in [1.807, 2.05) is 70.3 Å². The largest absolute Gasteiger partial charge is 0.460 e. The summed E-state index contributed by atoms with van der Waals surface area (Å²) in [5.74, 6) is -0.163. The first-order valence-corrected chi connectivity index (χ1v) is 11.2. The zero-order valence-electron chi connectivity index (χ0n) is 20.1. The van der Waals surface area contributed by atoms with E-state index in [1.165, 1.54) is 6.92 Å². The highest BCUT2D eigenvalue weighted by molar-refractivity contribution is 6.11. The number of nitrogens with one attached hydrogen (secondary N) is 1. The summed E-state index contributed by atoms with van der Waals surface area (Å²) < 4.78 is 10.7. The van der Waals surface area contributed by atoms with Gasteiger partial charge in [-0.05, 0) is 74.2 Å². The van der Waals surface area contributed by atoms with Crippen molar-refractivity contribution in [2.24, 2.45) is 0 Å². The summed E-state index contributed by atoms with van der Waals surface area (Å²) in [6.07, 6.45) is 0.175. The Hall–Kier alpha value is -3.93. The van der Waals surface area contributed by atoms with Crippen molar-refractivity contribution in [3.63, 3.8) is 0 Å². The normalized spacial score (nSPS) is 11.4. The van der Waals surface area contributed by atoms with Gasteiger partial charge < -0.3 is 14.8 Å². The van der Waals surface area contributed by atoms with Crippen LogP contribution in [0.3, 0.4) is 0 Å². The van der Waals surface area contributed by atoms with Crippen LogP contribution in [0.4, 0.5) is 5.69 Å². The summed E-state index contributed by atoms with van der Waals surface area (Å²) in [5.41, 5.74) is 3.82. The highest BCUT2D eigenvalue weighted by atomic mass is 16.6. The summed E-state index contributed by atoms with van der Waals surface area (Å²) in [7, 11) is 1.87. The van der Waals surface area contributed by atoms with Crippen molar-refractivity contribution >= 4 is 39.3 Å². The molecule has 1 N–H and O–H groups in total. The molecule has 34 heavy (non-hydrogen) atoms. The van der Waals surface area contributed by atoms with Gasteiger partial charge in [-0.15, -0.1) is 0 Å². The van der Waals surface area contributed by atoms with Gasteiger partial charge in [-0.3, -0.25) is 9.59 Å². The number of aromatic nitrogens is 1. The van der Waals surface area contributed by atoms with E-state index in [0.29, 0.717) is 5.75 Å². The van der Waals surface area contributed by atoms with Gasteiger partial charge in [0.1, 0.15) is 11.4 Å². The van der Waals surface area contributed by atoms with Crippen LogP contribution < -0.4 is 10.1 Å². The van der Waals surface area contributed by atoms with Crippen molar-refractivity contribution in [3.05, 3.63) is 66.2 Å². The third-order valence-electron chi connectivity index (χ3n) is 5.31. The van der Waals surface area contributed by atoms with Gasteiger partial charge in [0.2, 0.25) is 0 Å². The molecule has 0 saturated carbocycles. The predicted molar refractivity (Wildman–Crippen MR) is 135 cm³/mol. The lowest BCUT2D eigenvalue weighted by Crippen LogP contribution is -2.24. The van der Waals surface area contributed by atoms with Crippen molar-refractivity contribution in [3.8, 4) is 17.0 Å². The van der Waals surface area contributed by atoms with Gasteiger partial charge in [-0.1, -0.05) is 18.2 Å². The first-order chi connectivity index (χ1) is 16.1. The minimum Gasteiger partial charge on any atom is -0.460 e. The number of benzene rings is 3. The van der Waals surface area contributed by atoms with Crippen LogP contribution in [0.1, 0.15) is 33.3 Å². The molecule has 0 radical (unpaired) electrons. The van der Waals surface area contributed by atoms with Crippen LogP contribution in [0.25, 0.3) is 32.9 Å². The summed E-state index contributed by atoms with van der Waals surface area (Å²) in [5, 5.41) is 6.16. The van der Waals surface area contributed by atoms with E-state index in [4.69, 9.17) is 14.5 Å². The first-order valence-electron chi connectivity index (χ1n) is 11.2. The van der Waals surface area contributed by atoms with Crippen molar-refractivity contribution in [1.29, 1.82) is 0 Å². The molecule has 1 heterocycles. The number of carbonyl (C=O) groups excluding carboxylic acids is 2. The predicted octanol–water partition coefficient (Wildman–Crippen LogP) is 5.91. The Morgan fingerprint density at radius 2 is 1.62 bits per heavy atom. The molecule has 0 aliphatic rings. The molecule has 6 nitrogen and oxygen atoms in total. The standard InChI is InChI=1S/C28H28N2O4/c1-17(31)33-21-10-7-19(8-11-21)27-24-14-18(15-26(32)34-28(2,3)4)6-12-22(24)23-13-9-20(29-5)16-25(23)30-27/h6-14,16,29H,15H2,1-5H3. The van der Waals surface area contributed by atoms with Crippen LogP contribution in [-0.2, 0) is 20.7 Å². The molecule has 0 saturated heterocycles. The highest BCUT2D eigenvalue weighted by Crippen LogP contribution is 2.35. The highest BCUT2D eigenvalue weighted by Gasteiger charge is 2.18. The van der Waals surface area contributed by atoms with E-state index >= 15 is 0 Å². The molecule has 0 atom stereocenters. The molecule has 4 aromatic rings. The third-order valence-corrected chi connectivity index (χ3v) is 5.31. The number of fused-ring (bicyclic) bond motifs is 3. The summed E-state index contributed by atoms with van der Waals surface area (Å²) in [6.45, 7) is 6.95. The molecule has 0 aliphatic carbocycles. The lowest BCUT2D eigenvalue weighted by atomic mass is 9.97. The van der Waals surface area contributed by atoms with Crippen LogP contribution in [0.15, 0.2) is 60.7 Å². The molecular weight excluding hydrogens is 428 g/mol. The maximum atomic E-state index is 12.4. The second-order valence-corrected chi connectivity index (χ2v) is 9.20. The Morgan fingerprint density at radius 1 is 0.912 bits per heavy atom. The minimum absolute atomic E-state index is 0.175. The average Bonchev–Trinajstić information content (AvgIpc) is 2.77. The van der Waals surface area contributed by atoms with E-state index in [-0.39, 0.29) is 18.4 Å². The molecule has 0 spiro atoms. The molecule has 0 bridgehead atoms. The Balaban J connectivity index is 1.86. The van der Waals surface area contributed by atoms with Crippen LogP contribution in [0.2, 0.25) is 0 Å². The lowest BCUT2D eigenvalue weighted by Gasteiger charge is -2.19. The summed E-state index contributed by atoms with van der Waals surface area (Å²) in [4.78, 5) is 28.7. The van der Waals surface area contributed by atoms with E-state index in [2.05, 4.69) is 11.4 Å². The number of pyridine rings is 1. The number of nitrogens with zero attached hydrogens (tertiary/aromatic N) is 1. The minimum atomic E-state index is -0.536. The zero-order valence-corrected chi connectivity index (χ0v) is 20.1. The van der Waals surface area contributed by atoms with Crippen LogP contribution in [0.5, 0.6) is 5.75 Å². The molecule has 0 amide bonds. The number of ether oxygens (including phenoxy) is 2. The number of rotatable bonds is 5. The molecule has 1 aromatic heterocycles. The van der Waals surface area contributed by atoms with Gasteiger partial charge in [-0.25, -0.2) is 4.98 Å². The van der Waals surface area contributed by atoms with Gasteiger partial charge in [-0.2, -0.15) is 0 Å². The number of anilines is 1. The fraction of sp³-hybridized carbons (Fsp3) is 0.250. The lowest BCUT2D eigenvalue weighted by molar-refractivity contribution is -0.153. The van der Waals surface area contributed by atoms with E-state index in [9.17, 15) is 9.59 Å². The average molecular weight is 457 g/mol. The molecule has 0 aliphatic heterocycles. The van der Waals surface area contributed by atoms with Crippen molar-refractivity contribution < 1.29 is 19.1 Å². The molecule has 0 unspecified atom stereocenters. The topological polar surface area (TPSA) is 77.5 Å². The van der Waals surface area contributed by atoms with Crippen molar-refractivity contribution in [2.75, 3.05) is 12.4 Å². The molecule has 6 heteroatoms. The maximum Gasteiger partial charge on any atom is 0.310 e. The summed E-state index contributed by atoms with van der Waals surface area (Å²) >= 11 is 0. The molecule has 3 aromatic carbocycles. The molecule has 4 rings (SSSR count). The number of esters is 2. The molecule has 174 valence electrons. The SMILES string of the molecule is CNc1ccc2c(c1)nc(-c1ccc(OC(C)=O)cc1)c1cc(CC(=O)OC(C)(C)C)ccc12. The van der Waals surface area contributed by atoms with E-state index in [0.717, 1.165) is 44.2 Å². The number of carbonyl (C=O) groups is 2. The zero-order chi connectivity index (χ0) is 24.5. The van der Waals surface area contributed by atoms with E-state index in [1.54, 1.807) is 12.1 Å². The fourth-order valence-electron chi connectivity index (χ4n) is 3.93. The maximum absolute atomic E-state index is 12.4. The molecule has 0 fully saturated rings. The van der Waals surface area contributed by atoms with Crippen molar-refractivity contribution in [1.82, 2.24) is 4.98 Å². The Bertz CT molecular complexity index is 1390. The Kier molecular flexibility index (Phi) is 6.24. The van der Waals surface area contributed by atoms with Crippen molar-refractivity contribution in [2.45, 2.75) is 39.7 Å². The summed E-state index contributed by atoms with van der Waals surface area (Å²) in [6, 6.07) is 19.4. The van der Waals surface area contributed by atoms with Gasteiger partial charge in [0, 0.05) is 36.0 Å². The van der Waals surface area contributed by atoms with Gasteiger partial charge in [0.15, 0.2) is 0 Å². The van der Waals surface area contributed by atoms with Gasteiger partial charge >= 0.3 is 11.9 Å². The monoisotopic (exact) mass is 456 g/mol. The Morgan fingerprint density at radius 3 is 2.26 bits per heavy atom. The van der Waals surface area contributed by atoms with E-state index < -0.39 is 5.60 Å². The second-order valence-electron chi connectivity index (χ2n) is 9.20.